The highest BCUT2D eigenvalue weighted by atomic mass is 35.5. The molecule has 1 atom stereocenters. The standard InChI is InChI=1S/C18H18ClF2N3O3.ClH/c1-26-11-6-13(20)15(14(21)7-11)16(27-2)18(25)24-8-10-4-3-9(17(22)23)5-12(10)19;/h3-7,16H,8H2,1-2H3,(H3,22,23)(H,24,25);1H. The zero-order valence-electron chi connectivity index (χ0n) is 15.0. The summed E-state index contributed by atoms with van der Waals surface area (Å²) in [7, 11) is 2.44. The van der Waals surface area contributed by atoms with Crippen LogP contribution in [0, 0.1) is 17.0 Å². The summed E-state index contributed by atoms with van der Waals surface area (Å²) >= 11 is 6.10. The third-order valence-electron chi connectivity index (χ3n) is 3.84. The van der Waals surface area contributed by atoms with Crippen LogP contribution in [0.3, 0.4) is 0 Å². The molecule has 0 radical (unpaired) electrons. The maximum atomic E-state index is 14.2. The van der Waals surface area contributed by atoms with Gasteiger partial charge in [0, 0.05) is 36.4 Å². The van der Waals surface area contributed by atoms with E-state index in [1.165, 1.54) is 20.3 Å². The molecular formula is C18H19Cl2F2N3O3. The van der Waals surface area contributed by atoms with Gasteiger partial charge >= 0.3 is 0 Å². The van der Waals surface area contributed by atoms with Crippen molar-refractivity contribution in [2.75, 3.05) is 14.2 Å². The lowest BCUT2D eigenvalue weighted by Gasteiger charge is -2.18. The Morgan fingerprint density at radius 2 is 1.86 bits per heavy atom. The van der Waals surface area contributed by atoms with Gasteiger partial charge in [0.1, 0.15) is 23.2 Å². The summed E-state index contributed by atoms with van der Waals surface area (Å²) in [4.78, 5) is 12.4. The molecule has 0 spiro atoms. The van der Waals surface area contributed by atoms with E-state index >= 15 is 0 Å². The molecule has 0 aliphatic carbocycles. The Bertz CT molecular complexity index is 858. The van der Waals surface area contributed by atoms with E-state index in [4.69, 9.17) is 32.2 Å². The highest BCUT2D eigenvalue weighted by Gasteiger charge is 2.27. The molecule has 0 aliphatic rings. The monoisotopic (exact) mass is 433 g/mol. The number of hydrogen-bond acceptors (Lipinski definition) is 4. The van der Waals surface area contributed by atoms with Crippen LogP contribution < -0.4 is 15.8 Å². The first-order chi connectivity index (χ1) is 12.8. The lowest BCUT2D eigenvalue weighted by molar-refractivity contribution is -0.131. The molecule has 1 unspecified atom stereocenters. The molecule has 2 rings (SSSR count). The van der Waals surface area contributed by atoms with E-state index < -0.39 is 29.2 Å². The Morgan fingerprint density at radius 3 is 2.32 bits per heavy atom. The second-order valence-corrected chi connectivity index (χ2v) is 5.97. The van der Waals surface area contributed by atoms with Crippen LogP contribution in [0.15, 0.2) is 30.3 Å². The van der Waals surface area contributed by atoms with E-state index in [1.54, 1.807) is 12.1 Å². The summed E-state index contributed by atoms with van der Waals surface area (Å²) in [5, 5.41) is 10.2. The van der Waals surface area contributed by atoms with Gasteiger partial charge in [-0.15, -0.1) is 12.4 Å². The maximum Gasteiger partial charge on any atom is 0.254 e. The molecule has 0 saturated carbocycles. The van der Waals surface area contributed by atoms with Gasteiger partial charge in [-0.1, -0.05) is 23.7 Å². The second-order valence-electron chi connectivity index (χ2n) is 5.56. The van der Waals surface area contributed by atoms with Gasteiger partial charge in [-0.25, -0.2) is 8.78 Å². The molecule has 0 fully saturated rings. The van der Waals surface area contributed by atoms with Gasteiger partial charge in [-0.3, -0.25) is 10.2 Å². The molecule has 0 saturated heterocycles. The van der Waals surface area contributed by atoms with Crippen molar-refractivity contribution >= 4 is 35.8 Å². The number of nitrogens with one attached hydrogen (secondary N) is 2. The number of benzene rings is 2. The topological polar surface area (TPSA) is 97.4 Å². The molecule has 0 aromatic heterocycles. The molecule has 6 nitrogen and oxygen atoms in total. The van der Waals surface area contributed by atoms with Gasteiger partial charge in [0.05, 0.1) is 12.7 Å². The molecule has 4 N–H and O–H groups in total. The van der Waals surface area contributed by atoms with Crippen molar-refractivity contribution in [2.45, 2.75) is 12.6 Å². The van der Waals surface area contributed by atoms with Crippen LogP contribution in [-0.4, -0.2) is 26.0 Å². The summed E-state index contributed by atoms with van der Waals surface area (Å²) in [6.45, 7) is -0.00486. The van der Waals surface area contributed by atoms with E-state index in [1.807, 2.05) is 0 Å². The summed E-state index contributed by atoms with van der Waals surface area (Å²) in [6.07, 6.45) is -1.49. The van der Waals surface area contributed by atoms with Gasteiger partial charge in [-0.2, -0.15) is 0 Å². The minimum Gasteiger partial charge on any atom is -0.497 e. The van der Waals surface area contributed by atoms with Crippen molar-refractivity contribution in [3.63, 3.8) is 0 Å². The van der Waals surface area contributed by atoms with Gasteiger partial charge in [0.25, 0.3) is 5.91 Å². The fourth-order valence-electron chi connectivity index (χ4n) is 2.42. The zero-order chi connectivity index (χ0) is 20.1. The number of carbonyl (C=O) groups is 1. The lowest BCUT2D eigenvalue weighted by Crippen LogP contribution is -2.31. The number of amides is 1. The van der Waals surface area contributed by atoms with E-state index in [-0.39, 0.29) is 30.5 Å². The van der Waals surface area contributed by atoms with Gasteiger partial charge < -0.3 is 20.5 Å². The first kappa shape index (κ1) is 23.6. The zero-order valence-corrected chi connectivity index (χ0v) is 16.6. The van der Waals surface area contributed by atoms with Crippen molar-refractivity contribution in [1.29, 1.82) is 5.41 Å². The summed E-state index contributed by atoms with van der Waals surface area (Å²) in [6, 6.07) is 6.59. The first-order valence-corrected chi connectivity index (χ1v) is 8.12. The molecule has 1 amide bonds. The molecular weight excluding hydrogens is 415 g/mol. The first-order valence-electron chi connectivity index (χ1n) is 7.74. The van der Waals surface area contributed by atoms with Crippen LogP contribution in [-0.2, 0) is 16.1 Å². The van der Waals surface area contributed by atoms with Gasteiger partial charge in [0.2, 0.25) is 0 Å². The molecule has 10 heteroatoms. The van der Waals surface area contributed by atoms with Crippen LogP contribution in [0.25, 0.3) is 0 Å². The SMILES string of the molecule is COc1cc(F)c(C(OC)C(=O)NCc2ccc(C(=N)N)cc2Cl)c(F)c1.Cl. The van der Waals surface area contributed by atoms with Crippen molar-refractivity contribution in [3.8, 4) is 5.75 Å². The van der Waals surface area contributed by atoms with Crippen LogP contribution in [0.4, 0.5) is 8.78 Å². The van der Waals surface area contributed by atoms with E-state index in [0.717, 1.165) is 12.1 Å². The lowest BCUT2D eigenvalue weighted by atomic mass is 10.1. The number of carbonyl (C=O) groups excluding carboxylic acids is 1. The molecule has 2 aromatic rings. The number of hydrogen-bond donors (Lipinski definition) is 3. The van der Waals surface area contributed by atoms with Crippen molar-refractivity contribution < 1.29 is 23.0 Å². The minimum atomic E-state index is -1.49. The Morgan fingerprint density at radius 1 is 1.25 bits per heavy atom. The summed E-state index contributed by atoms with van der Waals surface area (Å²) in [5.41, 5.74) is 5.84. The second kappa shape index (κ2) is 10.2. The average Bonchev–Trinajstić information content (AvgIpc) is 2.62. The molecule has 0 heterocycles. The summed E-state index contributed by atoms with van der Waals surface area (Å²) in [5.74, 6) is -2.82. The van der Waals surface area contributed by atoms with Crippen LogP contribution in [0.5, 0.6) is 5.75 Å². The van der Waals surface area contributed by atoms with Crippen molar-refractivity contribution in [3.05, 3.63) is 63.7 Å². The third kappa shape index (κ3) is 5.31. The van der Waals surface area contributed by atoms with Crippen LogP contribution in [0.2, 0.25) is 5.02 Å². The van der Waals surface area contributed by atoms with Crippen molar-refractivity contribution in [2.24, 2.45) is 5.73 Å². The van der Waals surface area contributed by atoms with E-state index in [0.29, 0.717) is 16.1 Å². The molecule has 0 aliphatic heterocycles. The normalized spacial score (nSPS) is 11.3. The smallest absolute Gasteiger partial charge is 0.254 e. The van der Waals surface area contributed by atoms with Gasteiger partial charge in [-0.05, 0) is 11.6 Å². The number of ether oxygens (including phenoxy) is 2. The number of amidine groups is 1. The number of halogens is 4. The molecule has 152 valence electrons. The Hall–Kier alpha value is -2.42. The number of methoxy groups -OCH3 is 2. The highest BCUT2D eigenvalue weighted by molar-refractivity contribution is 6.31. The molecule has 0 bridgehead atoms. The molecule has 2 aromatic carbocycles. The third-order valence-corrected chi connectivity index (χ3v) is 4.19. The maximum absolute atomic E-state index is 14.2. The average molecular weight is 434 g/mol. The largest absolute Gasteiger partial charge is 0.497 e. The number of nitrogens with two attached hydrogens (primary N) is 1. The van der Waals surface area contributed by atoms with Crippen LogP contribution in [0.1, 0.15) is 22.8 Å². The van der Waals surface area contributed by atoms with Crippen LogP contribution >= 0.6 is 24.0 Å². The molecule has 28 heavy (non-hydrogen) atoms. The van der Waals surface area contributed by atoms with Crippen molar-refractivity contribution in [1.82, 2.24) is 5.32 Å². The number of nitrogen functional groups attached to an aromatic ring is 1. The van der Waals surface area contributed by atoms with E-state index in [9.17, 15) is 13.6 Å². The van der Waals surface area contributed by atoms with E-state index in [2.05, 4.69) is 5.32 Å². The highest BCUT2D eigenvalue weighted by Crippen LogP contribution is 2.28. The fourth-order valence-corrected chi connectivity index (χ4v) is 2.67. The fraction of sp³-hybridized carbons (Fsp3) is 0.222. The summed E-state index contributed by atoms with van der Waals surface area (Å²) < 4.78 is 38.2. The quantitative estimate of drug-likeness (QED) is 0.460. The van der Waals surface area contributed by atoms with Gasteiger partial charge in [0.15, 0.2) is 6.10 Å². The Kier molecular flexibility index (Phi) is 8.62. The Labute approximate surface area is 171 Å². The predicted octanol–water partition coefficient (Wildman–Crippen LogP) is 3.34. The Balaban J connectivity index is 0.00000392. The minimum absolute atomic E-state index is 0. The predicted molar refractivity (Wildman–Crippen MR) is 104 cm³/mol. The number of rotatable bonds is 7.